The zero-order chi connectivity index (χ0) is 22.5. The zero-order valence-corrected chi connectivity index (χ0v) is 18.7. The van der Waals surface area contributed by atoms with Crippen LogP contribution in [0.25, 0.3) is 0 Å². The number of nitrogens with zero attached hydrogens (tertiary/aromatic N) is 4. The smallest absolute Gasteiger partial charge is 0.215 e. The van der Waals surface area contributed by atoms with Crippen LogP contribution in [0, 0.1) is 0 Å². The van der Waals surface area contributed by atoms with Crippen molar-refractivity contribution in [3.05, 3.63) is 107 Å². The first-order valence-electron chi connectivity index (χ1n) is 11.3. The summed E-state index contributed by atoms with van der Waals surface area (Å²) in [5.74, 6) is 1.68. The Morgan fingerprint density at radius 3 is 2.00 bits per heavy atom. The quantitative estimate of drug-likeness (QED) is 0.476. The lowest BCUT2D eigenvalue weighted by Crippen LogP contribution is -3.14. The van der Waals surface area contributed by atoms with Crippen LogP contribution in [-0.2, 0) is 4.74 Å². The predicted molar refractivity (Wildman–Crippen MR) is 124 cm³/mol. The normalized spacial score (nSPS) is 15.5. The molecule has 0 amide bonds. The van der Waals surface area contributed by atoms with Gasteiger partial charge in [0.2, 0.25) is 5.82 Å². The summed E-state index contributed by atoms with van der Waals surface area (Å²) in [6, 6.07) is 28.9. The lowest BCUT2D eigenvalue weighted by molar-refractivity contribution is -0.933. The number of methoxy groups -OCH3 is 1. The molecule has 1 saturated heterocycles. The van der Waals surface area contributed by atoms with Crippen molar-refractivity contribution < 1.29 is 14.4 Å². The van der Waals surface area contributed by atoms with Gasteiger partial charge >= 0.3 is 0 Å². The van der Waals surface area contributed by atoms with Gasteiger partial charge in [-0.05, 0) is 45.8 Å². The van der Waals surface area contributed by atoms with Crippen molar-refractivity contribution in [1.82, 2.24) is 20.2 Å². The number of tetrazole rings is 1. The first-order chi connectivity index (χ1) is 16.3. The van der Waals surface area contributed by atoms with E-state index in [1.807, 2.05) is 28.9 Å². The summed E-state index contributed by atoms with van der Waals surface area (Å²) >= 11 is 0. The van der Waals surface area contributed by atoms with Crippen LogP contribution in [0.4, 0.5) is 0 Å². The molecule has 7 nitrogen and oxygen atoms in total. The summed E-state index contributed by atoms with van der Waals surface area (Å²) in [7, 11) is 1.69. The zero-order valence-electron chi connectivity index (χ0n) is 18.7. The van der Waals surface area contributed by atoms with Crippen LogP contribution < -0.4 is 9.64 Å². The highest BCUT2D eigenvalue weighted by molar-refractivity contribution is 5.34. The number of rotatable bonds is 7. The number of hydrogen-bond donors (Lipinski definition) is 1. The van der Waals surface area contributed by atoms with E-state index in [9.17, 15) is 0 Å². The maximum atomic E-state index is 5.66. The van der Waals surface area contributed by atoms with Gasteiger partial charge in [-0.3, -0.25) is 0 Å². The van der Waals surface area contributed by atoms with Gasteiger partial charge in [-0.15, -0.1) is 5.10 Å². The van der Waals surface area contributed by atoms with E-state index in [0.29, 0.717) is 0 Å². The van der Waals surface area contributed by atoms with Crippen molar-refractivity contribution in [2.45, 2.75) is 12.1 Å². The van der Waals surface area contributed by atoms with Crippen molar-refractivity contribution in [2.75, 3.05) is 33.4 Å². The highest BCUT2D eigenvalue weighted by Crippen LogP contribution is 2.29. The van der Waals surface area contributed by atoms with Gasteiger partial charge in [0, 0.05) is 5.56 Å². The fourth-order valence-corrected chi connectivity index (χ4v) is 4.61. The molecule has 0 saturated carbocycles. The molecule has 168 valence electrons. The van der Waals surface area contributed by atoms with E-state index in [2.05, 4.69) is 76.2 Å². The Kier molecular flexibility index (Phi) is 6.41. The van der Waals surface area contributed by atoms with E-state index in [1.54, 1.807) is 7.11 Å². The van der Waals surface area contributed by atoms with Crippen LogP contribution in [0.5, 0.6) is 5.75 Å². The lowest BCUT2D eigenvalue weighted by Gasteiger charge is -2.32. The van der Waals surface area contributed by atoms with Crippen molar-refractivity contribution in [2.24, 2.45) is 0 Å². The number of quaternary nitrogens is 1. The monoisotopic (exact) mass is 442 g/mol. The minimum absolute atomic E-state index is 0.0234. The molecular weight excluding hydrogens is 414 g/mol. The number of hydrogen-bond acceptors (Lipinski definition) is 5. The maximum Gasteiger partial charge on any atom is 0.215 e. The first-order valence-corrected chi connectivity index (χ1v) is 11.3. The van der Waals surface area contributed by atoms with Crippen LogP contribution in [-0.4, -0.2) is 53.6 Å². The van der Waals surface area contributed by atoms with E-state index < -0.39 is 0 Å². The number of aromatic nitrogens is 4. The Balaban J connectivity index is 1.63. The van der Waals surface area contributed by atoms with Gasteiger partial charge in [0.05, 0.1) is 20.3 Å². The predicted octanol–water partition coefficient (Wildman–Crippen LogP) is 2.32. The van der Waals surface area contributed by atoms with Crippen molar-refractivity contribution in [3.8, 4) is 5.75 Å². The second-order valence-corrected chi connectivity index (χ2v) is 8.18. The Morgan fingerprint density at radius 1 is 0.818 bits per heavy atom. The van der Waals surface area contributed by atoms with Crippen molar-refractivity contribution >= 4 is 0 Å². The van der Waals surface area contributed by atoms with E-state index in [4.69, 9.17) is 9.47 Å². The molecule has 0 spiro atoms. The number of morpholine rings is 1. The molecule has 0 unspecified atom stereocenters. The Bertz CT molecular complexity index is 1100. The van der Waals surface area contributed by atoms with E-state index in [-0.39, 0.29) is 12.1 Å². The number of ether oxygens (including phenoxy) is 2. The molecule has 0 aliphatic carbocycles. The maximum absolute atomic E-state index is 5.66. The van der Waals surface area contributed by atoms with Crippen LogP contribution >= 0.6 is 0 Å². The van der Waals surface area contributed by atoms with Gasteiger partial charge in [0.1, 0.15) is 24.9 Å². The standard InChI is InChI=1S/C26H27N5O2/c1-32-23-14-12-22(13-15-23)25(30-16-18-33-19-17-30)26-27-28-29-31(26)24(20-8-4-2-5-9-20)21-10-6-3-7-11-21/h2-15,24-25H,16-19H2,1H3/p+1/t25-/m1/s1. The highest BCUT2D eigenvalue weighted by Gasteiger charge is 2.35. The van der Waals surface area contributed by atoms with Gasteiger partial charge in [0.15, 0.2) is 6.04 Å². The van der Waals surface area contributed by atoms with Gasteiger partial charge < -0.3 is 14.4 Å². The third-order valence-electron chi connectivity index (χ3n) is 6.24. The summed E-state index contributed by atoms with van der Waals surface area (Å²) in [6.07, 6.45) is 0. The van der Waals surface area contributed by atoms with Crippen molar-refractivity contribution in [3.63, 3.8) is 0 Å². The number of nitrogens with one attached hydrogen (secondary N) is 1. The average molecular weight is 443 g/mol. The third-order valence-corrected chi connectivity index (χ3v) is 6.24. The topological polar surface area (TPSA) is 66.5 Å². The highest BCUT2D eigenvalue weighted by atomic mass is 16.5. The molecule has 7 heteroatoms. The van der Waals surface area contributed by atoms with E-state index >= 15 is 0 Å². The molecule has 5 rings (SSSR count). The summed E-state index contributed by atoms with van der Waals surface area (Å²) in [5, 5.41) is 13.3. The summed E-state index contributed by atoms with van der Waals surface area (Å²) < 4.78 is 13.0. The fraction of sp³-hybridized carbons (Fsp3) is 0.269. The summed E-state index contributed by atoms with van der Waals surface area (Å²) in [6.45, 7) is 3.24. The molecule has 1 aromatic heterocycles. The molecule has 1 aliphatic rings. The second-order valence-electron chi connectivity index (χ2n) is 8.18. The molecule has 2 heterocycles. The van der Waals surface area contributed by atoms with Gasteiger partial charge in [0.25, 0.3) is 0 Å². The van der Waals surface area contributed by atoms with Crippen LogP contribution in [0.15, 0.2) is 84.9 Å². The molecule has 1 atom stereocenters. The van der Waals surface area contributed by atoms with Crippen LogP contribution in [0.1, 0.15) is 34.6 Å². The minimum atomic E-state index is -0.126. The Morgan fingerprint density at radius 2 is 1.42 bits per heavy atom. The third kappa shape index (κ3) is 4.51. The SMILES string of the molecule is COc1ccc([C@H](c2nnnn2C(c2ccccc2)c2ccccc2)[NH+]2CCOCC2)cc1. The fourth-order valence-electron chi connectivity index (χ4n) is 4.61. The van der Waals surface area contributed by atoms with Crippen LogP contribution in [0.3, 0.4) is 0 Å². The molecule has 33 heavy (non-hydrogen) atoms. The number of benzene rings is 3. The van der Waals surface area contributed by atoms with Crippen LogP contribution in [0.2, 0.25) is 0 Å². The van der Waals surface area contributed by atoms with Gasteiger partial charge in [-0.25, -0.2) is 4.68 Å². The van der Waals surface area contributed by atoms with E-state index in [1.165, 1.54) is 4.90 Å². The second kappa shape index (κ2) is 9.94. The molecule has 0 bridgehead atoms. The average Bonchev–Trinajstić information content (AvgIpc) is 3.35. The largest absolute Gasteiger partial charge is 0.497 e. The molecule has 3 aromatic carbocycles. The lowest BCUT2D eigenvalue weighted by atomic mass is 9.97. The molecule has 4 aromatic rings. The summed E-state index contributed by atoms with van der Waals surface area (Å²) in [4.78, 5) is 1.39. The minimum Gasteiger partial charge on any atom is -0.497 e. The molecule has 1 fully saturated rings. The first kappa shape index (κ1) is 21.3. The van der Waals surface area contributed by atoms with Gasteiger partial charge in [-0.1, -0.05) is 60.7 Å². The molecular formula is C26H28N5O2+. The molecule has 0 radical (unpaired) electrons. The summed E-state index contributed by atoms with van der Waals surface area (Å²) in [5.41, 5.74) is 3.44. The molecule has 1 N–H and O–H groups in total. The Labute approximate surface area is 193 Å². The Hall–Kier alpha value is -3.55. The van der Waals surface area contributed by atoms with Gasteiger partial charge in [-0.2, -0.15) is 0 Å². The van der Waals surface area contributed by atoms with Crippen molar-refractivity contribution in [1.29, 1.82) is 0 Å². The van der Waals surface area contributed by atoms with E-state index in [0.717, 1.165) is 54.6 Å². The molecule has 1 aliphatic heterocycles.